The van der Waals surface area contributed by atoms with Crippen molar-refractivity contribution in [3.05, 3.63) is 71.8 Å². The summed E-state index contributed by atoms with van der Waals surface area (Å²) < 4.78 is 17.3. The van der Waals surface area contributed by atoms with E-state index in [0.717, 1.165) is 33.4 Å². The number of aromatic amines is 1. The Kier molecular flexibility index (Phi) is 6.57. The van der Waals surface area contributed by atoms with Crippen LogP contribution in [0.25, 0.3) is 33.4 Å². The molecule has 2 aromatic heterocycles. The molecule has 0 radical (unpaired) electrons. The molecule has 2 fully saturated rings. The molecule has 0 aliphatic carbocycles. The van der Waals surface area contributed by atoms with Gasteiger partial charge >= 0.3 is 0 Å². The summed E-state index contributed by atoms with van der Waals surface area (Å²) in [6.45, 7) is 4.64. The molecule has 7 heteroatoms. The number of H-pyrrole nitrogens is 1. The molecule has 4 heterocycles. The van der Waals surface area contributed by atoms with E-state index in [1.165, 1.54) is 0 Å². The van der Waals surface area contributed by atoms with Crippen molar-refractivity contribution in [3.63, 3.8) is 0 Å². The Morgan fingerprint density at radius 3 is 2.35 bits per heavy atom. The molecule has 6 nitrogen and oxygen atoms in total. The Morgan fingerprint density at radius 2 is 1.59 bits per heavy atom. The topological polar surface area (TPSA) is 76.6 Å². The highest BCUT2D eigenvalue weighted by atomic mass is 35.5. The number of halogens is 1. The van der Waals surface area contributed by atoms with Crippen molar-refractivity contribution in [3.8, 4) is 28.3 Å². The summed E-state index contributed by atoms with van der Waals surface area (Å²) in [7, 11) is 0. The van der Waals surface area contributed by atoms with Crippen LogP contribution in [-0.2, 0) is 9.47 Å². The quantitative estimate of drug-likeness (QED) is 0.406. The third-order valence-electron chi connectivity index (χ3n) is 6.06. The number of aliphatic hydroxyl groups excluding tert-OH is 1. The SMILES string of the molecule is CC.O[C@@H]1CO[C@H]2C1OC[C@H]2Oc1cc2nc(-c3ccc(-c4ccccc4)cc3)c(Cl)cc2[nH]1. The van der Waals surface area contributed by atoms with Crippen LogP contribution in [-0.4, -0.2) is 52.7 Å². The maximum atomic E-state index is 9.91. The Labute approximate surface area is 203 Å². The molecule has 2 aliphatic rings. The summed E-state index contributed by atoms with van der Waals surface area (Å²) in [5.41, 5.74) is 5.52. The minimum absolute atomic E-state index is 0.269. The highest BCUT2D eigenvalue weighted by Crippen LogP contribution is 2.34. The number of aliphatic hydroxyl groups is 1. The van der Waals surface area contributed by atoms with Crippen LogP contribution in [0, 0.1) is 0 Å². The first kappa shape index (κ1) is 22.9. The van der Waals surface area contributed by atoms with Crippen LogP contribution in [0.4, 0.5) is 0 Å². The monoisotopic (exact) mass is 478 g/mol. The van der Waals surface area contributed by atoms with E-state index in [1.54, 1.807) is 0 Å². The molecule has 0 bridgehead atoms. The van der Waals surface area contributed by atoms with Crippen molar-refractivity contribution < 1.29 is 19.3 Å². The lowest BCUT2D eigenvalue weighted by atomic mass is 10.0. The molecule has 176 valence electrons. The lowest BCUT2D eigenvalue weighted by Crippen LogP contribution is -2.34. The van der Waals surface area contributed by atoms with Gasteiger partial charge in [-0.2, -0.15) is 0 Å². The van der Waals surface area contributed by atoms with Gasteiger partial charge in [0, 0.05) is 11.6 Å². The van der Waals surface area contributed by atoms with Gasteiger partial charge in [-0.25, -0.2) is 4.98 Å². The fraction of sp³-hybridized carbons (Fsp3) is 0.296. The standard InChI is InChI=1S/C25H21ClN2O4.C2H6/c26-17-10-18-19(11-22(27-18)32-21-13-31-24-20(29)12-30-25(21)24)28-23(17)16-8-6-15(7-9-16)14-4-2-1-3-5-14;1-2/h1-11,20-21,24-25,27,29H,12-13H2;1-2H3/t20-,21-,24?,25-;/m1./s1. The summed E-state index contributed by atoms with van der Waals surface area (Å²) in [6, 6.07) is 22.2. The van der Waals surface area contributed by atoms with Crippen LogP contribution in [0.15, 0.2) is 66.7 Å². The van der Waals surface area contributed by atoms with Gasteiger partial charge in [-0.3, -0.25) is 0 Å². The van der Waals surface area contributed by atoms with Crippen molar-refractivity contribution in [2.75, 3.05) is 13.2 Å². The molecule has 2 saturated heterocycles. The Hall–Kier alpha value is -2.90. The fourth-order valence-corrected chi connectivity index (χ4v) is 4.69. The highest BCUT2D eigenvalue weighted by Gasteiger charge is 2.48. The molecule has 4 aromatic rings. The number of rotatable bonds is 4. The fourth-order valence-electron chi connectivity index (χ4n) is 4.43. The smallest absolute Gasteiger partial charge is 0.193 e. The van der Waals surface area contributed by atoms with Gasteiger partial charge in [0.15, 0.2) is 12.0 Å². The predicted octanol–water partition coefficient (Wildman–Crippen LogP) is 5.48. The first-order valence-electron chi connectivity index (χ1n) is 11.6. The number of nitrogens with one attached hydrogen (secondary N) is 1. The molecule has 0 spiro atoms. The highest BCUT2D eigenvalue weighted by molar-refractivity contribution is 6.33. The maximum Gasteiger partial charge on any atom is 0.193 e. The van der Waals surface area contributed by atoms with E-state index in [-0.39, 0.29) is 24.9 Å². The molecule has 2 aromatic carbocycles. The average Bonchev–Trinajstić information content (AvgIpc) is 3.57. The van der Waals surface area contributed by atoms with Crippen LogP contribution in [0.1, 0.15) is 13.8 Å². The zero-order valence-corrected chi connectivity index (χ0v) is 19.8. The van der Waals surface area contributed by atoms with Gasteiger partial charge in [0.25, 0.3) is 0 Å². The molecular weight excluding hydrogens is 452 g/mol. The van der Waals surface area contributed by atoms with Gasteiger partial charge in [0.1, 0.15) is 18.3 Å². The molecule has 6 rings (SSSR count). The zero-order valence-electron chi connectivity index (χ0n) is 19.1. The molecule has 1 unspecified atom stereocenters. The van der Waals surface area contributed by atoms with Crippen LogP contribution < -0.4 is 4.74 Å². The normalized spacial score (nSPS) is 23.4. The van der Waals surface area contributed by atoms with Crippen LogP contribution in [0.2, 0.25) is 5.02 Å². The number of aromatic nitrogens is 2. The number of hydrogen-bond donors (Lipinski definition) is 2. The van der Waals surface area contributed by atoms with E-state index in [9.17, 15) is 5.11 Å². The minimum Gasteiger partial charge on any atom is -0.470 e. The Morgan fingerprint density at radius 1 is 0.912 bits per heavy atom. The van der Waals surface area contributed by atoms with Crippen LogP contribution >= 0.6 is 11.6 Å². The lowest BCUT2D eigenvalue weighted by Gasteiger charge is -2.16. The van der Waals surface area contributed by atoms with Crippen molar-refractivity contribution in [2.24, 2.45) is 0 Å². The summed E-state index contributed by atoms with van der Waals surface area (Å²) in [5.74, 6) is 0.569. The van der Waals surface area contributed by atoms with Crippen molar-refractivity contribution >= 4 is 22.6 Å². The number of benzene rings is 2. The third kappa shape index (κ3) is 4.30. The third-order valence-corrected chi connectivity index (χ3v) is 6.34. The summed E-state index contributed by atoms with van der Waals surface area (Å²) in [5, 5.41) is 10.5. The molecule has 2 N–H and O–H groups in total. The molecule has 4 atom stereocenters. The number of hydrogen-bond acceptors (Lipinski definition) is 5. The van der Waals surface area contributed by atoms with E-state index in [2.05, 4.69) is 29.2 Å². The first-order chi connectivity index (χ1) is 16.7. The van der Waals surface area contributed by atoms with Crippen molar-refractivity contribution in [1.29, 1.82) is 0 Å². The van der Waals surface area contributed by atoms with Gasteiger partial charge in [-0.05, 0) is 17.2 Å². The molecule has 0 saturated carbocycles. The first-order valence-corrected chi connectivity index (χ1v) is 12.0. The number of fused-ring (bicyclic) bond motifs is 2. The summed E-state index contributed by atoms with van der Waals surface area (Å²) >= 11 is 6.57. The van der Waals surface area contributed by atoms with E-state index in [4.69, 9.17) is 30.8 Å². The van der Waals surface area contributed by atoms with E-state index in [1.807, 2.05) is 56.3 Å². The molecule has 0 amide bonds. The number of ether oxygens (including phenoxy) is 3. The molecule has 34 heavy (non-hydrogen) atoms. The maximum absolute atomic E-state index is 9.91. The minimum atomic E-state index is -0.604. The van der Waals surface area contributed by atoms with E-state index < -0.39 is 6.10 Å². The van der Waals surface area contributed by atoms with Gasteiger partial charge in [0.05, 0.1) is 35.0 Å². The second kappa shape index (κ2) is 9.76. The predicted molar refractivity (Wildman–Crippen MR) is 133 cm³/mol. The van der Waals surface area contributed by atoms with Crippen molar-refractivity contribution in [2.45, 2.75) is 38.3 Å². The second-order valence-corrected chi connectivity index (χ2v) is 8.56. The molecule has 2 aliphatic heterocycles. The van der Waals surface area contributed by atoms with Gasteiger partial charge in [-0.1, -0.05) is 80.0 Å². The Bertz CT molecular complexity index is 1260. The van der Waals surface area contributed by atoms with Crippen molar-refractivity contribution in [1.82, 2.24) is 9.97 Å². The Balaban J connectivity index is 0.00000117. The number of nitrogens with zero attached hydrogens (tertiary/aromatic N) is 1. The summed E-state index contributed by atoms with van der Waals surface area (Å²) in [6.07, 6.45) is -1.49. The van der Waals surface area contributed by atoms with E-state index in [0.29, 0.717) is 17.5 Å². The van der Waals surface area contributed by atoms with E-state index >= 15 is 0 Å². The molecular formula is C27H27ClN2O4. The van der Waals surface area contributed by atoms with Gasteiger partial charge < -0.3 is 24.3 Å². The van der Waals surface area contributed by atoms with Crippen LogP contribution in [0.3, 0.4) is 0 Å². The number of pyridine rings is 1. The zero-order chi connectivity index (χ0) is 23.7. The van der Waals surface area contributed by atoms with Gasteiger partial charge in [-0.15, -0.1) is 0 Å². The summed E-state index contributed by atoms with van der Waals surface area (Å²) in [4.78, 5) is 8.00. The second-order valence-electron chi connectivity index (χ2n) is 8.15. The largest absolute Gasteiger partial charge is 0.470 e. The lowest BCUT2D eigenvalue weighted by molar-refractivity contribution is 0.00794. The van der Waals surface area contributed by atoms with Gasteiger partial charge in [0.2, 0.25) is 0 Å². The van der Waals surface area contributed by atoms with Crippen LogP contribution in [0.5, 0.6) is 5.88 Å². The average molecular weight is 479 g/mol.